The van der Waals surface area contributed by atoms with E-state index in [0.717, 1.165) is 19.4 Å². The molecule has 0 aromatic heterocycles. The van der Waals surface area contributed by atoms with Gasteiger partial charge in [0, 0.05) is 12.1 Å². The van der Waals surface area contributed by atoms with Gasteiger partial charge in [0.2, 0.25) is 0 Å². The van der Waals surface area contributed by atoms with Gasteiger partial charge in [-0.2, -0.15) is 0 Å². The largest absolute Gasteiger partial charge is 0.394 e. The van der Waals surface area contributed by atoms with Crippen LogP contribution < -0.4 is 5.73 Å². The SMILES string of the molecule is NC1(CO)CCCN2CCC1C2. The number of fused-ring (bicyclic) bond motifs is 2. The highest BCUT2D eigenvalue weighted by molar-refractivity contribution is 4.98. The van der Waals surface area contributed by atoms with E-state index in [1.165, 1.54) is 19.5 Å². The molecule has 3 N–H and O–H groups in total. The van der Waals surface area contributed by atoms with Crippen molar-refractivity contribution in [2.45, 2.75) is 24.8 Å². The van der Waals surface area contributed by atoms with E-state index in [0.29, 0.717) is 5.92 Å². The predicted molar refractivity (Wildman–Crippen MR) is 47.8 cm³/mol. The fourth-order valence-electron chi connectivity index (χ4n) is 2.55. The third-order valence-electron chi connectivity index (χ3n) is 3.50. The highest BCUT2D eigenvalue weighted by Gasteiger charge is 2.40. The van der Waals surface area contributed by atoms with Crippen LogP contribution in [0.4, 0.5) is 0 Å². The Morgan fingerprint density at radius 2 is 2.33 bits per heavy atom. The Hall–Kier alpha value is -0.120. The molecule has 0 amide bonds. The second-order valence-electron chi connectivity index (χ2n) is 4.28. The van der Waals surface area contributed by atoms with Crippen molar-refractivity contribution >= 4 is 0 Å². The van der Waals surface area contributed by atoms with E-state index >= 15 is 0 Å². The summed E-state index contributed by atoms with van der Waals surface area (Å²) in [5, 5.41) is 9.25. The van der Waals surface area contributed by atoms with Crippen LogP contribution >= 0.6 is 0 Å². The first kappa shape index (κ1) is 8.48. The molecule has 0 radical (unpaired) electrons. The van der Waals surface area contributed by atoms with E-state index < -0.39 is 0 Å². The Labute approximate surface area is 73.5 Å². The van der Waals surface area contributed by atoms with Gasteiger partial charge in [-0.1, -0.05) is 0 Å². The third kappa shape index (κ3) is 1.26. The third-order valence-corrected chi connectivity index (χ3v) is 3.50. The molecule has 3 atom stereocenters. The summed E-state index contributed by atoms with van der Waals surface area (Å²) in [4.78, 5) is 2.47. The van der Waals surface area contributed by atoms with Crippen LogP contribution in [0.1, 0.15) is 19.3 Å². The molecule has 3 unspecified atom stereocenters. The van der Waals surface area contributed by atoms with Crippen molar-refractivity contribution in [3.8, 4) is 0 Å². The molecular weight excluding hydrogens is 152 g/mol. The highest BCUT2D eigenvalue weighted by atomic mass is 16.3. The van der Waals surface area contributed by atoms with Gasteiger partial charge >= 0.3 is 0 Å². The zero-order valence-corrected chi connectivity index (χ0v) is 7.50. The second-order valence-corrected chi connectivity index (χ2v) is 4.28. The first-order valence-electron chi connectivity index (χ1n) is 4.87. The predicted octanol–water partition coefficient (Wildman–Crippen LogP) is -0.208. The van der Waals surface area contributed by atoms with Gasteiger partial charge in [0.1, 0.15) is 0 Å². The number of hydrogen-bond acceptors (Lipinski definition) is 3. The van der Waals surface area contributed by atoms with Gasteiger partial charge in [-0.05, 0) is 38.3 Å². The number of aliphatic hydroxyl groups is 1. The fraction of sp³-hybridized carbons (Fsp3) is 1.00. The normalized spacial score (nSPS) is 47.5. The van der Waals surface area contributed by atoms with Crippen LogP contribution in [0.5, 0.6) is 0 Å². The molecule has 0 aliphatic carbocycles. The summed E-state index contributed by atoms with van der Waals surface area (Å²) in [6, 6.07) is 0. The maximum atomic E-state index is 9.25. The van der Waals surface area contributed by atoms with Gasteiger partial charge in [0.25, 0.3) is 0 Å². The van der Waals surface area contributed by atoms with Crippen LogP contribution in [-0.4, -0.2) is 41.8 Å². The summed E-state index contributed by atoms with van der Waals surface area (Å²) in [5.74, 6) is 0.532. The van der Waals surface area contributed by atoms with Crippen molar-refractivity contribution < 1.29 is 5.11 Å². The summed E-state index contributed by atoms with van der Waals surface area (Å²) in [6.45, 7) is 3.63. The molecular formula is C9H18N2O. The van der Waals surface area contributed by atoms with Crippen LogP contribution in [0, 0.1) is 5.92 Å². The molecule has 0 aromatic rings. The molecule has 2 heterocycles. The molecule has 0 saturated carbocycles. The summed E-state index contributed by atoms with van der Waals surface area (Å²) in [5.41, 5.74) is 5.89. The number of rotatable bonds is 1. The molecule has 3 nitrogen and oxygen atoms in total. The van der Waals surface area contributed by atoms with Crippen molar-refractivity contribution in [3.05, 3.63) is 0 Å². The lowest BCUT2D eigenvalue weighted by Gasteiger charge is -2.32. The van der Waals surface area contributed by atoms with Crippen molar-refractivity contribution in [1.82, 2.24) is 4.90 Å². The maximum Gasteiger partial charge on any atom is 0.0614 e. The molecule has 2 fully saturated rings. The van der Waals surface area contributed by atoms with E-state index in [4.69, 9.17) is 5.73 Å². The fourth-order valence-corrected chi connectivity index (χ4v) is 2.55. The van der Waals surface area contributed by atoms with Gasteiger partial charge in [-0.15, -0.1) is 0 Å². The van der Waals surface area contributed by atoms with E-state index in [9.17, 15) is 5.11 Å². The van der Waals surface area contributed by atoms with Crippen LogP contribution in [-0.2, 0) is 0 Å². The molecule has 0 aromatic carbocycles. The summed E-state index contributed by atoms with van der Waals surface area (Å²) < 4.78 is 0. The molecule has 0 spiro atoms. The van der Waals surface area contributed by atoms with Crippen molar-refractivity contribution in [1.29, 1.82) is 0 Å². The summed E-state index contributed by atoms with van der Waals surface area (Å²) in [7, 11) is 0. The van der Waals surface area contributed by atoms with Crippen LogP contribution in [0.2, 0.25) is 0 Å². The Morgan fingerprint density at radius 1 is 1.50 bits per heavy atom. The van der Waals surface area contributed by atoms with Gasteiger partial charge in [-0.3, -0.25) is 0 Å². The molecule has 12 heavy (non-hydrogen) atoms. The Morgan fingerprint density at radius 3 is 3.08 bits per heavy atom. The van der Waals surface area contributed by atoms with Gasteiger partial charge in [0.15, 0.2) is 0 Å². The van der Waals surface area contributed by atoms with E-state index in [1.807, 2.05) is 0 Å². The van der Waals surface area contributed by atoms with Gasteiger partial charge in [0.05, 0.1) is 6.61 Å². The average molecular weight is 170 g/mol. The van der Waals surface area contributed by atoms with Crippen LogP contribution in [0.25, 0.3) is 0 Å². The van der Waals surface area contributed by atoms with Crippen LogP contribution in [0.3, 0.4) is 0 Å². The Bertz CT molecular complexity index is 174. The van der Waals surface area contributed by atoms with Gasteiger partial charge < -0.3 is 15.7 Å². The number of nitrogens with zero attached hydrogens (tertiary/aromatic N) is 1. The molecule has 3 heteroatoms. The minimum Gasteiger partial charge on any atom is -0.394 e. The molecule has 2 saturated heterocycles. The van der Waals surface area contributed by atoms with Crippen molar-refractivity contribution in [3.63, 3.8) is 0 Å². The quantitative estimate of drug-likeness (QED) is 0.572. The lowest BCUT2D eigenvalue weighted by Crippen LogP contribution is -2.50. The maximum absolute atomic E-state index is 9.25. The summed E-state index contributed by atoms with van der Waals surface area (Å²) in [6.07, 6.45) is 3.31. The summed E-state index contributed by atoms with van der Waals surface area (Å²) >= 11 is 0. The second kappa shape index (κ2) is 2.98. The minimum absolute atomic E-state index is 0.158. The standard InChI is InChI=1S/C9H18N2O/c10-9(7-12)3-1-4-11-5-2-8(9)6-11/h8,12H,1-7,10H2. The molecule has 2 bridgehead atoms. The average Bonchev–Trinajstić information content (AvgIpc) is 2.45. The van der Waals surface area contributed by atoms with Gasteiger partial charge in [-0.25, -0.2) is 0 Å². The number of nitrogens with two attached hydrogens (primary N) is 1. The van der Waals surface area contributed by atoms with E-state index in [-0.39, 0.29) is 12.1 Å². The number of hydrogen-bond donors (Lipinski definition) is 2. The lowest BCUT2D eigenvalue weighted by atomic mass is 9.81. The smallest absolute Gasteiger partial charge is 0.0614 e. The molecule has 2 aliphatic heterocycles. The zero-order chi connectivity index (χ0) is 8.60. The Balaban J connectivity index is 2.13. The molecule has 2 aliphatic rings. The minimum atomic E-state index is -0.273. The number of aliphatic hydroxyl groups excluding tert-OH is 1. The first-order valence-corrected chi connectivity index (χ1v) is 4.87. The van der Waals surface area contributed by atoms with E-state index in [1.54, 1.807) is 0 Å². The monoisotopic (exact) mass is 170 g/mol. The Kier molecular flexibility index (Phi) is 2.10. The highest BCUT2D eigenvalue weighted by Crippen LogP contribution is 2.32. The lowest BCUT2D eigenvalue weighted by molar-refractivity contribution is 0.140. The topological polar surface area (TPSA) is 49.5 Å². The van der Waals surface area contributed by atoms with Crippen molar-refractivity contribution in [2.24, 2.45) is 11.7 Å². The first-order chi connectivity index (χ1) is 5.74. The van der Waals surface area contributed by atoms with Crippen molar-refractivity contribution in [2.75, 3.05) is 26.2 Å². The molecule has 70 valence electrons. The molecule has 2 rings (SSSR count). The zero-order valence-electron chi connectivity index (χ0n) is 7.50. The van der Waals surface area contributed by atoms with Crippen LogP contribution in [0.15, 0.2) is 0 Å². The van der Waals surface area contributed by atoms with E-state index in [2.05, 4.69) is 4.90 Å².